The average molecular weight is 418 g/mol. The van der Waals surface area contributed by atoms with Crippen LogP contribution in [0.1, 0.15) is 15.9 Å². The molecule has 7 nitrogen and oxygen atoms in total. The Morgan fingerprint density at radius 1 is 1.04 bits per heavy atom. The molecule has 0 radical (unpaired) electrons. The lowest BCUT2D eigenvalue weighted by Gasteiger charge is -2.16. The van der Waals surface area contributed by atoms with E-state index in [-0.39, 0.29) is 16.5 Å². The number of rotatable bonds is 7. The fourth-order valence-electron chi connectivity index (χ4n) is 2.18. The van der Waals surface area contributed by atoms with Crippen LogP contribution in [0.4, 0.5) is 0 Å². The Labute approximate surface area is 159 Å². The van der Waals surface area contributed by atoms with E-state index in [4.69, 9.17) is 28.3 Å². The summed E-state index contributed by atoms with van der Waals surface area (Å²) in [6.07, 6.45) is -0.105. The molecule has 2 aromatic carbocycles. The third-order valence-corrected chi connectivity index (χ3v) is 5.67. The lowest BCUT2D eigenvalue weighted by atomic mass is 10.1. The molecule has 2 rings (SSSR count). The van der Waals surface area contributed by atoms with Gasteiger partial charge in [0, 0.05) is 0 Å². The Hall–Kier alpha value is -2.13. The predicted molar refractivity (Wildman–Crippen MR) is 95.3 cm³/mol. The number of halogens is 2. The van der Waals surface area contributed by atoms with Gasteiger partial charge in [0.1, 0.15) is 10.9 Å². The Balaban J connectivity index is 2.38. The van der Waals surface area contributed by atoms with Crippen LogP contribution in [-0.4, -0.2) is 36.6 Å². The molecule has 0 aliphatic carbocycles. The van der Waals surface area contributed by atoms with Gasteiger partial charge >= 0.3 is 11.9 Å². The highest BCUT2D eigenvalue weighted by atomic mass is 35.5. The van der Waals surface area contributed by atoms with E-state index < -0.39 is 38.5 Å². The number of sulfonamides is 1. The molecule has 0 fully saturated rings. The maximum Gasteiger partial charge on any atom is 0.337 e. The molecular weight excluding hydrogens is 405 g/mol. The third kappa shape index (κ3) is 4.73. The normalized spacial score (nSPS) is 12.5. The monoisotopic (exact) mass is 417 g/mol. The third-order valence-electron chi connectivity index (χ3n) is 3.42. The zero-order valence-electron chi connectivity index (χ0n) is 13.0. The predicted octanol–water partition coefficient (Wildman–Crippen LogP) is 2.67. The van der Waals surface area contributed by atoms with E-state index in [9.17, 15) is 23.1 Å². The minimum Gasteiger partial charge on any atom is -0.480 e. The van der Waals surface area contributed by atoms with Crippen LogP contribution >= 0.6 is 23.2 Å². The van der Waals surface area contributed by atoms with Crippen LogP contribution in [0, 0.1) is 0 Å². The van der Waals surface area contributed by atoms with E-state index in [0.29, 0.717) is 5.56 Å². The first-order valence-electron chi connectivity index (χ1n) is 7.13. The summed E-state index contributed by atoms with van der Waals surface area (Å²) in [5.41, 5.74) is 0.141. The minimum atomic E-state index is -4.41. The molecule has 0 aliphatic heterocycles. The van der Waals surface area contributed by atoms with E-state index in [2.05, 4.69) is 0 Å². The first-order valence-corrected chi connectivity index (χ1v) is 9.37. The van der Waals surface area contributed by atoms with E-state index in [0.717, 1.165) is 12.1 Å². The van der Waals surface area contributed by atoms with Crippen LogP contribution in [0.3, 0.4) is 0 Å². The summed E-state index contributed by atoms with van der Waals surface area (Å²) >= 11 is 11.6. The number of nitrogens with one attached hydrogen (secondary N) is 1. The molecule has 138 valence electrons. The van der Waals surface area contributed by atoms with Crippen LogP contribution in [0.5, 0.6) is 0 Å². The van der Waals surface area contributed by atoms with Gasteiger partial charge in [-0.2, -0.15) is 4.72 Å². The molecule has 2 aromatic rings. The SMILES string of the molecule is O=C(O)c1cc(S(=O)(=O)NC(Cc2ccccc2)C(=O)O)c(Cl)cc1Cl. The van der Waals surface area contributed by atoms with Gasteiger partial charge in [-0.15, -0.1) is 0 Å². The fraction of sp³-hybridized carbons (Fsp3) is 0.125. The summed E-state index contributed by atoms with van der Waals surface area (Å²) in [6, 6.07) is 8.73. The average Bonchev–Trinajstić information content (AvgIpc) is 2.54. The standard InChI is InChI=1S/C16H13Cl2NO6S/c17-11-8-12(18)14(7-10(11)15(20)21)26(24,25)19-13(16(22)23)6-9-4-2-1-3-5-9/h1-5,7-8,13,19H,6H2,(H,20,21)(H,22,23). The molecule has 3 N–H and O–H groups in total. The van der Waals surface area contributed by atoms with Crippen molar-refractivity contribution < 1.29 is 28.2 Å². The van der Waals surface area contributed by atoms with Gasteiger partial charge in [0.05, 0.1) is 15.6 Å². The molecule has 0 aliphatic rings. The molecule has 1 atom stereocenters. The Kier molecular flexibility index (Phi) is 6.25. The van der Waals surface area contributed by atoms with Crippen LogP contribution in [0.2, 0.25) is 10.0 Å². The highest BCUT2D eigenvalue weighted by molar-refractivity contribution is 7.89. The maximum atomic E-state index is 12.5. The summed E-state index contributed by atoms with van der Waals surface area (Å²) in [4.78, 5) is 22.0. The quantitative estimate of drug-likeness (QED) is 0.636. The molecule has 0 spiro atoms. The van der Waals surface area contributed by atoms with Gasteiger partial charge in [-0.3, -0.25) is 4.79 Å². The maximum absolute atomic E-state index is 12.5. The second-order valence-corrected chi connectivity index (χ2v) is 7.77. The summed E-state index contributed by atoms with van der Waals surface area (Å²) in [6.45, 7) is 0. The molecule has 0 heterocycles. The lowest BCUT2D eigenvalue weighted by molar-refractivity contribution is -0.138. The summed E-state index contributed by atoms with van der Waals surface area (Å²) in [5.74, 6) is -2.83. The van der Waals surface area contributed by atoms with Crippen LogP contribution in [0.15, 0.2) is 47.4 Å². The number of benzene rings is 2. The van der Waals surface area contributed by atoms with Crippen molar-refractivity contribution in [1.29, 1.82) is 0 Å². The van der Waals surface area contributed by atoms with Crippen molar-refractivity contribution >= 4 is 45.2 Å². The van der Waals surface area contributed by atoms with Crippen molar-refractivity contribution in [3.63, 3.8) is 0 Å². The molecule has 10 heteroatoms. The van der Waals surface area contributed by atoms with Crippen molar-refractivity contribution in [2.75, 3.05) is 0 Å². The van der Waals surface area contributed by atoms with Gasteiger partial charge < -0.3 is 10.2 Å². The first-order chi connectivity index (χ1) is 12.1. The molecule has 0 saturated heterocycles. The molecule has 0 amide bonds. The van der Waals surface area contributed by atoms with Gasteiger partial charge in [-0.05, 0) is 24.1 Å². The lowest BCUT2D eigenvalue weighted by Crippen LogP contribution is -2.42. The van der Waals surface area contributed by atoms with Gasteiger partial charge in [0.2, 0.25) is 10.0 Å². The molecule has 26 heavy (non-hydrogen) atoms. The van der Waals surface area contributed by atoms with Gasteiger partial charge in [-0.1, -0.05) is 53.5 Å². The van der Waals surface area contributed by atoms with Crippen molar-refractivity contribution in [2.24, 2.45) is 0 Å². The number of carbonyl (C=O) groups is 2. The van der Waals surface area contributed by atoms with Gasteiger partial charge in [0.25, 0.3) is 0 Å². The minimum absolute atomic E-state index is 0.105. The summed E-state index contributed by atoms with van der Waals surface area (Å²) in [7, 11) is -4.41. The van der Waals surface area contributed by atoms with Crippen molar-refractivity contribution in [3.8, 4) is 0 Å². The number of hydrogen-bond donors (Lipinski definition) is 3. The van der Waals surface area contributed by atoms with Crippen molar-refractivity contribution in [2.45, 2.75) is 17.4 Å². The first kappa shape index (κ1) is 20.2. The molecule has 0 saturated carbocycles. The Morgan fingerprint density at radius 3 is 2.19 bits per heavy atom. The van der Waals surface area contributed by atoms with Crippen molar-refractivity contribution in [3.05, 3.63) is 63.6 Å². The van der Waals surface area contributed by atoms with Gasteiger partial charge in [-0.25, -0.2) is 13.2 Å². The van der Waals surface area contributed by atoms with Crippen LogP contribution in [-0.2, 0) is 21.2 Å². The van der Waals surface area contributed by atoms with Crippen LogP contribution in [0.25, 0.3) is 0 Å². The second-order valence-electron chi connectivity index (χ2n) is 5.27. The highest BCUT2D eigenvalue weighted by Gasteiger charge is 2.28. The fourth-order valence-corrected chi connectivity index (χ4v) is 4.22. The largest absolute Gasteiger partial charge is 0.480 e. The molecular formula is C16H13Cl2NO6S. The zero-order chi connectivity index (χ0) is 19.5. The van der Waals surface area contributed by atoms with Crippen molar-refractivity contribution in [1.82, 2.24) is 4.72 Å². The number of aromatic carboxylic acids is 1. The summed E-state index contributed by atoms with van der Waals surface area (Å²) in [5, 5.41) is 17.8. The van der Waals surface area contributed by atoms with E-state index in [1.165, 1.54) is 0 Å². The zero-order valence-corrected chi connectivity index (χ0v) is 15.3. The number of carboxylic acids is 2. The van der Waals surface area contributed by atoms with E-state index in [1.807, 2.05) is 4.72 Å². The highest BCUT2D eigenvalue weighted by Crippen LogP contribution is 2.29. The molecule has 0 aromatic heterocycles. The van der Waals surface area contributed by atoms with Gasteiger partial charge in [0.15, 0.2) is 0 Å². The number of aliphatic carboxylic acids is 1. The Bertz CT molecular complexity index is 947. The number of carboxylic acid groups (broad SMARTS) is 2. The van der Waals surface area contributed by atoms with Crippen LogP contribution < -0.4 is 4.72 Å². The van der Waals surface area contributed by atoms with E-state index >= 15 is 0 Å². The summed E-state index contributed by atoms with van der Waals surface area (Å²) < 4.78 is 27.1. The molecule has 1 unspecified atom stereocenters. The number of hydrogen-bond acceptors (Lipinski definition) is 4. The molecule has 0 bridgehead atoms. The topological polar surface area (TPSA) is 121 Å². The second kappa shape index (κ2) is 8.05. The van der Waals surface area contributed by atoms with E-state index in [1.54, 1.807) is 30.3 Å². The smallest absolute Gasteiger partial charge is 0.337 e. The Morgan fingerprint density at radius 2 is 1.65 bits per heavy atom.